The first-order chi connectivity index (χ1) is 9.43. The number of amides is 1. The molecule has 0 bridgehead atoms. The zero-order valence-electron chi connectivity index (χ0n) is 11.4. The van der Waals surface area contributed by atoms with Crippen LogP contribution in [0.2, 0.25) is 5.02 Å². The van der Waals surface area contributed by atoms with E-state index < -0.39 is 11.7 Å². The van der Waals surface area contributed by atoms with E-state index in [1.807, 2.05) is 0 Å². The van der Waals surface area contributed by atoms with Crippen LogP contribution in [-0.2, 0) is 0 Å². The second-order valence-corrected chi connectivity index (χ2v) is 6.57. The Balaban J connectivity index is 2.19. The Morgan fingerprint density at radius 1 is 1.50 bits per heavy atom. The minimum atomic E-state index is -0.627. The van der Waals surface area contributed by atoms with Gasteiger partial charge in [-0.25, -0.2) is 4.39 Å². The number of rotatable bonds is 3. The monoisotopic (exact) mass is 317 g/mol. The minimum Gasteiger partial charge on any atom is -0.506 e. The topological polar surface area (TPSA) is 40.5 Å². The van der Waals surface area contributed by atoms with E-state index in [4.69, 9.17) is 11.6 Å². The van der Waals surface area contributed by atoms with Crippen molar-refractivity contribution in [2.75, 3.05) is 13.3 Å². The van der Waals surface area contributed by atoms with Crippen LogP contribution >= 0.6 is 23.4 Å². The molecule has 3 nitrogen and oxygen atoms in total. The summed E-state index contributed by atoms with van der Waals surface area (Å²) in [6, 6.07) is 2.15. The molecule has 0 aromatic heterocycles. The number of phenolic OH excluding ortho intramolecular Hbond substituents is 1. The molecule has 1 saturated carbocycles. The van der Waals surface area contributed by atoms with Gasteiger partial charge in [-0.1, -0.05) is 11.6 Å². The van der Waals surface area contributed by atoms with Crippen molar-refractivity contribution in [1.82, 2.24) is 4.90 Å². The summed E-state index contributed by atoms with van der Waals surface area (Å²) in [6.45, 7) is 0. The highest BCUT2D eigenvalue weighted by atomic mass is 35.5. The van der Waals surface area contributed by atoms with Gasteiger partial charge in [0.1, 0.15) is 11.6 Å². The SMILES string of the molecule is CS[C@H]1CC[C@@H](N(C)C(=O)c2cc(F)cc(Cl)c2O)C1. The fourth-order valence-corrected chi connectivity index (χ4v) is 3.56. The average molecular weight is 318 g/mol. The molecule has 2 rings (SSSR count). The molecular weight excluding hydrogens is 301 g/mol. The van der Waals surface area contributed by atoms with Crippen molar-refractivity contribution < 1.29 is 14.3 Å². The van der Waals surface area contributed by atoms with E-state index in [0.717, 1.165) is 31.4 Å². The van der Waals surface area contributed by atoms with Gasteiger partial charge in [-0.2, -0.15) is 11.8 Å². The highest BCUT2D eigenvalue weighted by Gasteiger charge is 2.31. The maximum atomic E-state index is 13.4. The number of hydrogen-bond donors (Lipinski definition) is 1. The first-order valence-corrected chi connectivity index (χ1v) is 8.08. The summed E-state index contributed by atoms with van der Waals surface area (Å²) < 4.78 is 13.4. The standard InChI is InChI=1S/C14H17ClFNO2S/c1-17(9-3-4-10(7-9)20-2)14(19)11-5-8(16)6-12(15)13(11)18/h5-6,9-10,18H,3-4,7H2,1-2H3/t9-,10+/m1/s1. The second kappa shape index (κ2) is 6.22. The highest BCUT2D eigenvalue weighted by Crippen LogP contribution is 2.34. The van der Waals surface area contributed by atoms with E-state index >= 15 is 0 Å². The van der Waals surface area contributed by atoms with E-state index in [2.05, 4.69) is 6.26 Å². The van der Waals surface area contributed by atoms with E-state index in [1.54, 1.807) is 23.7 Å². The molecule has 6 heteroatoms. The van der Waals surface area contributed by atoms with Gasteiger partial charge in [0.2, 0.25) is 0 Å². The van der Waals surface area contributed by atoms with E-state index in [9.17, 15) is 14.3 Å². The molecule has 0 spiro atoms. The molecule has 1 fully saturated rings. The molecule has 0 saturated heterocycles. The number of benzene rings is 1. The lowest BCUT2D eigenvalue weighted by atomic mass is 10.1. The lowest BCUT2D eigenvalue weighted by Crippen LogP contribution is -2.35. The van der Waals surface area contributed by atoms with Gasteiger partial charge in [0, 0.05) is 18.3 Å². The van der Waals surface area contributed by atoms with Crippen molar-refractivity contribution in [3.05, 3.63) is 28.5 Å². The van der Waals surface area contributed by atoms with E-state index in [0.29, 0.717) is 5.25 Å². The molecule has 0 aliphatic heterocycles. The Kier molecular flexibility index (Phi) is 4.81. The van der Waals surface area contributed by atoms with Crippen molar-refractivity contribution in [3.63, 3.8) is 0 Å². The van der Waals surface area contributed by atoms with Crippen molar-refractivity contribution in [1.29, 1.82) is 0 Å². The van der Waals surface area contributed by atoms with Gasteiger partial charge in [0.05, 0.1) is 10.6 Å². The molecule has 1 N–H and O–H groups in total. The molecule has 2 atom stereocenters. The first-order valence-electron chi connectivity index (χ1n) is 6.42. The van der Waals surface area contributed by atoms with Crippen molar-refractivity contribution >= 4 is 29.3 Å². The molecule has 20 heavy (non-hydrogen) atoms. The number of hydrogen-bond acceptors (Lipinski definition) is 3. The van der Waals surface area contributed by atoms with Crippen molar-refractivity contribution in [2.45, 2.75) is 30.6 Å². The first kappa shape index (κ1) is 15.4. The fourth-order valence-electron chi connectivity index (χ4n) is 2.57. The molecule has 1 aromatic rings. The number of thioether (sulfide) groups is 1. The summed E-state index contributed by atoms with van der Waals surface area (Å²) in [5, 5.41) is 10.2. The Bertz CT molecular complexity index is 526. The summed E-state index contributed by atoms with van der Waals surface area (Å²) >= 11 is 7.51. The van der Waals surface area contributed by atoms with Crippen LogP contribution in [0, 0.1) is 5.82 Å². The Morgan fingerprint density at radius 3 is 2.80 bits per heavy atom. The largest absolute Gasteiger partial charge is 0.506 e. The Morgan fingerprint density at radius 2 is 2.20 bits per heavy atom. The molecule has 1 aliphatic rings. The molecule has 0 unspecified atom stereocenters. The van der Waals surface area contributed by atoms with Gasteiger partial charge >= 0.3 is 0 Å². The molecule has 1 amide bonds. The predicted molar refractivity (Wildman–Crippen MR) is 80.1 cm³/mol. The maximum absolute atomic E-state index is 13.4. The van der Waals surface area contributed by atoms with Crippen molar-refractivity contribution in [3.8, 4) is 5.75 Å². The summed E-state index contributed by atoms with van der Waals surface area (Å²) in [5.74, 6) is -1.38. The lowest BCUT2D eigenvalue weighted by Gasteiger charge is -2.25. The number of carbonyl (C=O) groups is 1. The third kappa shape index (κ3) is 3.04. The number of nitrogens with zero attached hydrogens (tertiary/aromatic N) is 1. The van der Waals surface area contributed by atoms with Gasteiger partial charge in [-0.3, -0.25) is 4.79 Å². The van der Waals surface area contributed by atoms with Gasteiger partial charge in [-0.15, -0.1) is 0 Å². The lowest BCUT2D eigenvalue weighted by molar-refractivity contribution is 0.0732. The third-order valence-electron chi connectivity index (χ3n) is 3.82. The smallest absolute Gasteiger partial charge is 0.257 e. The van der Waals surface area contributed by atoms with Crippen LogP contribution in [-0.4, -0.2) is 40.5 Å². The number of phenols is 1. The fraction of sp³-hybridized carbons (Fsp3) is 0.500. The van der Waals surface area contributed by atoms with Gasteiger partial charge in [-0.05, 0) is 37.7 Å². The average Bonchev–Trinajstić information content (AvgIpc) is 2.90. The summed E-state index contributed by atoms with van der Waals surface area (Å²) in [4.78, 5) is 14.0. The molecular formula is C14H17ClFNO2S. The molecule has 0 heterocycles. The van der Waals surface area contributed by atoms with Gasteiger partial charge in [0.15, 0.2) is 0 Å². The van der Waals surface area contributed by atoms with Crippen LogP contribution in [0.25, 0.3) is 0 Å². The van der Waals surface area contributed by atoms with Crippen LogP contribution in [0.1, 0.15) is 29.6 Å². The summed E-state index contributed by atoms with van der Waals surface area (Å²) in [5.41, 5.74) is -0.0786. The number of halogens is 2. The van der Waals surface area contributed by atoms with Gasteiger partial charge < -0.3 is 10.0 Å². The predicted octanol–water partition coefficient (Wildman–Crippen LogP) is 3.54. The summed E-state index contributed by atoms with van der Waals surface area (Å²) in [6.07, 6.45) is 4.98. The maximum Gasteiger partial charge on any atom is 0.257 e. The zero-order valence-corrected chi connectivity index (χ0v) is 13.0. The van der Waals surface area contributed by atoms with Gasteiger partial charge in [0.25, 0.3) is 5.91 Å². The quantitative estimate of drug-likeness (QED) is 0.927. The van der Waals surface area contributed by atoms with Crippen LogP contribution < -0.4 is 0 Å². The second-order valence-electron chi connectivity index (χ2n) is 5.02. The van der Waals surface area contributed by atoms with Crippen LogP contribution in [0.5, 0.6) is 5.75 Å². The number of aromatic hydroxyl groups is 1. The zero-order chi connectivity index (χ0) is 14.9. The van der Waals surface area contributed by atoms with E-state index in [1.165, 1.54) is 0 Å². The molecule has 110 valence electrons. The molecule has 1 aliphatic carbocycles. The summed E-state index contributed by atoms with van der Waals surface area (Å²) in [7, 11) is 1.69. The molecule has 0 radical (unpaired) electrons. The Hall–Kier alpha value is -0.940. The minimum absolute atomic E-state index is 0.0786. The van der Waals surface area contributed by atoms with Crippen LogP contribution in [0.4, 0.5) is 4.39 Å². The van der Waals surface area contributed by atoms with Crippen LogP contribution in [0.15, 0.2) is 12.1 Å². The highest BCUT2D eigenvalue weighted by molar-refractivity contribution is 7.99. The Labute approximate surface area is 127 Å². The van der Waals surface area contributed by atoms with Crippen molar-refractivity contribution in [2.24, 2.45) is 0 Å². The molecule has 1 aromatic carbocycles. The van der Waals surface area contributed by atoms with Crippen LogP contribution in [0.3, 0.4) is 0 Å². The number of carbonyl (C=O) groups excluding carboxylic acids is 1. The normalized spacial score (nSPS) is 22.0. The van der Waals surface area contributed by atoms with E-state index in [-0.39, 0.29) is 22.4 Å². The third-order valence-corrected chi connectivity index (χ3v) is 5.20.